The molecule has 70 valence electrons. The number of carbonyl (C=O) groups excluding carboxylic acids is 1. The van der Waals surface area contributed by atoms with Crippen molar-refractivity contribution in [3.05, 3.63) is 0 Å². The number of nitrogens with zero attached hydrogens (tertiary/aromatic N) is 2. The van der Waals surface area contributed by atoms with Gasteiger partial charge in [-0.3, -0.25) is 9.69 Å². The number of amides is 1. The maximum atomic E-state index is 11.3. The minimum absolute atomic E-state index is 0.212. The topological polar surface area (TPSA) is 23.6 Å². The van der Waals surface area contributed by atoms with E-state index in [9.17, 15) is 4.79 Å². The van der Waals surface area contributed by atoms with Gasteiger partial charge in [-0.2, -0.15) is 0 Å². The fraction of sp³-hybridized carbons (Fsp3) is 0.889. The van der Waals surface area contributed by atoms with Gasteiger partial charge in [-0.15, -0.1) is 0 Å². The smallest absolute Gasteiger partial charge is 0.236 e. The van der Waals surface area contributed by atoms with Crippen LogP contribution in [-0.4, -0.2) is 49.4 Å². The third-order valence-electron chi connectivity index (χ3n) is 2.37. The number of hydrogen-bond acceptors (Lipinski definition) is 2. The summed E-state index contributed by atoms with van der Waals surface area (Å²) in [5.41, 5.74) is 0. The minimum atomic E-state index is 0.212. The van der Waals surface area contributed by atoms with Gasteiger partial charge in [-0.05, 0) is 18.9 Å². The Morgan fingerprint density at radius 3 is 2.67 bits per heavy atom. The first-order chi connectivity index (χ1) is 5.59. The van der Waals surface area contributed by atoms with Crippen molar-refractivity contribution in [2.24, 2.45) is 5.92 Å². The van der Waals surface area contributed by atoms with Gasteiger partial charge in [0.1, 0.15) is 0 Å². The molecule has 0 bridgehead atoms. The molecule has 1 aliphatic heterocycles. The fourth-order valence-corrected chi connectivity index (χ4v) is 1.50. The lowest BCUT2D eigenvalue weighted by molar-refractivity contribution is -0.129. The second kappa shape index (κ2) is 3.90. The van der Waals surface area contributed by atoms with Crippen LogP contribution in [0.2, 0.25) is 0 Å². The zero-order chi connectivity index (χ0) is 9.14. The normalized spacial score (nSPS) is 24.4. The van der Waals surface area contributed by atoms with E-state index >= 15 is 0 Å². The number of hydrogen-bond donors (Lipinski definition) is 0. The molecule has 1 amide bonds. The third-order valence-corrected chi connectivity index (χ3v) is 2.37. The summed E-state index contributed by atoms with van der Waals surface area (Å²) in [5.74, 6) is 0.976. The van der Waals surface area contributed by atoms with Crippen LogP contribution >= 0.6 is 0 Å². The van der Waals surface area contributed by atoms with Gasteiger partial charge in [-0.1, -0.05) is 6.92 Å². The monoisotopic (exact) mass is 170 g/mol. The molecule has 1 unspecified atom stereocenters. The van der Waals surface area contributed by atoms with Gasteiger partial charge in [0.05, 0.1) is 6.54 Å². The maximum absolute atomic E-state index is 11.3. The lowest BCUT2D eigenvalue weighted by Gasteiger charge is -2.17. The first-order valence-corrected chi connectivity index (χ1v) is 4.52. The van der Waals surface area contributed by atoms with Crippen LogP contribution in [0.25, 0.3) is 0 Å². The molecule has 0 saturated carbocycles. The molecule has 3 heteroatoms. The highest BCUT2D eigenvalue weighted by Crippen LogP contribution is 2.14. The highest BCUT2D eigenvalue weighted by molar-refractivity contribution is 5.77. The van der Waals surface area contributed by atoms with Crippen LogP contribution in [0.5, 0.6) is 0 Å². The van der Waals surface area contributed by atoms with E-state index in [1.165, 1.54) is 6.42 Å². The Hall–Kier alpha value is -0.570. The third kappa shape index (κ3) is 2.48. The zero-order valence-corrected chi connectivity index (χ0v) is 8.21. The van der Waals surface area contributed by atoms with Crippen LogP contribution in [0.4, 0.5) is 0 Å². The highest BCUT2D eigenvalue weighted by Gasteiger charge is 2.20. The quantitative estimate of drug-likeness (QED) is 0.599. The summed E-state index contributed by atoms with van der Waals surface area (Å²) in [5, 5.41) is 0. The summed E-state index contributed by atoms with van der Waals surface area (Å²) in [6, 6.07) is 0. The highest BCUT2D eigenvalue weighted by atomic mass is 16.2. The standard InChI is InChI=1S/C9H18N2O/c1-8-4-5-11(6-8)7-9(12)10(2)3/h8H,4-7H2,1-3H3. The molecule has 0 aliphatic carbocycles. The Morgan fingerprint density at radius 2 is 2.25 bits per heavy atom. The Bertz CT molecular complexity index is 168. The lowest BCUT2D eigenvalue weighted by Crippen LogP contribution is -2.35. The molecule has 0 N–H and O–H groups in total. The predicted molar refractivity (Wildman–Crippen MR) is 48.9 cm³/mol. The van der Waals surface area contributed by atoms with E-state index in [1.54, 1.807) is 4.90 Å². The van der Waals surface area contributed by atoms with E-state index in [1.807, 2.05) is 14.1 Å². The molecular weight excluding hydrogens is 152 g/mol. The van der Waals surface area contributed by atoms with Crippen LogP contribution in [0.15, 0.2) is 0 Å². The number of rotatable bonds is 2. The van der Waals surface area contributed by atoms with Crippen molar-refractivity contribution in [1.82, 2.24) is 9.80 Å². The summed E-state index contributed by atoms with van der Waals surface area (Å²) in [4.78, 5) is 15.2. The summed E-state index contributed by atoms with van der Waals surface area (Å²) in [6.07, 6.45) is 1.24. The molecule has 1 heterocycles. The molecule has 1 aliphatic rings. The molecular formula is C9H18N2O. The van der Waals surface area contributed by atoms with Crippen LogP contribution in [0, 0.1) is 5.92 Å². The molecule has 1 atom stereocenters. The largest absolute Gasteiger partial charge is 0.348 e. The van der Waals surface area contributed by atoms with E-state index in [4.69, 9.17) is 0 Å². The number of carbonyl (C=O) groups is 1. The van der Waals surface area contributed by atoms with Crippen LogP contribution < -0.4 is 0 Å². The van der Waals surface area contributed by atoms with E-state index in [0.717, 1.165) is 19.0 Å². The predicted octanol–water partition coefficient (Wildman–Crippen LogP) is 0.416. The van der Waals surface area contributed by atoms with Gasteiger partial charge in [-0.25, -0.2) is 0 Å². The van der Waals surface area contributed by atoms with E-state index < -0.39 is 0 Å². The van der Waals surface area contributed by atoms with Crippen molar-refractivity contribution in [3.8, 4) is 0 Å². The Morgan fingerprint density at radius 1 is 1.58 bits per heavy atom. The molecule has 12 heavy (non-hydrogen) atoms. The SMILES string of the molecule is CC1CCN(CC(=O)N(C)C)C1. The minimum Gasteiger partial charge on any atom is -0.348 e. The van der Waals surface area contributed by atoms with E-state index in [0.29, 0.717) is 6.54 Å². The molecule has 1 saturated heterocycles. The van der Waals surface area contributed by atoms with Crippen molar-refractivity contribution in [2.45, 2.75) is 13.3 Å². The molecule has 0 aromatic heterocycles. The van der Waals surface area contributed by atoms with Crippen molar-refractivity contribution in [1.29, 1.82) is 0 Å². The number of likely N-dealkylation sites (tertiary alicyclic amines) is 1. The van der Waals surface area contributed by atoms with Crippen LogP contribution in [0.3, 0.4) is 0 Å². The van der Waals surface area contributed by atoms with Gasteiger partial charge < -0.3 is 4.90 Å². The van der Waals surface area contributed by atoms with Crippen LogP contribution in [-0.2, 0) is 4.79 Å². The average Bonchev–Trinajstić information content (AvgIpc) is 2.35. The molecule has 0 aromatic rings. The van der Waals surface area contributed by atoms with Gasteiger partial charge in [0, 0.05) is 20.6 Å². The first kappa shape index (κ1) is 9.52. The summed E-state index contributed by atoms with van der Waals surface area (Å²) in [7, 11) is 3.61. The summed E-state index contributed by atoms with van der Waals surface area (Å²) >= 11 is 0. The molecule has 3 nitrogen and oxygen atoms in total. The Labute approximate surface area is 74.3 Å². The zero-order valence-electron chi connectivity index (χ0n) is 8.21. The van der Waals surface area contributed by atoms with Gasteiger partial charge >= 0.3 is 0 Å². The van der Waals surface area contributed by atoms with E-state index in [2.05, 4.69) is 11.8 Å². The average molecular weight is 170 g/mol. The maximum Gasteiger partial charge on any atom is 0.236 e. The fourth-order valence-electron chi connectivity index (χ4n) is 1.50. The lowest BCUT2D eigenvalue weighted by atomic mass is 10.2. The van der Waals surface area contributed by atoms with Crippen molar-refractivity contribution >= 4 is 5.91 Å². The second-order valence-electron chi connectivity index (χ2n) is 3.92. The van der Waals surface area contributed by atoms with Crippen molar-refractivity contribution in [2.75, 3.05) is 33.7 Å². The van der Waals surface area contributed by atoms with Crippen LogP contribution in [0.1, 0.15) is 13.3 Å². The number of likely N-dealkylation sites (N-methyl/N-ethyl adjacent to an activating group) is 1. The molecule has 0 aromatic carbocycles. The summed E-state index contributed by atoms with van der Waals surface area (Å²) in [6.45, 7) is 5.00. The first-order valence-electron chi connectivity index (χ1n) is 4.52. The Kier molecular flexibility index (Phi) is 3.09. The molecule has 0 radical (unpaired) electrons. The van der Waals surface area contributed by atoms with E-state index in [-0.39, 0.29) is 5.91 Å². The van der Waals surface area contributed by atoms with Crippen molar-refractivity contribution in [3.63, 3.8) is 0 Å². The molecule has 0 spiro atoms. The molecule has 1 rings (SSSR count). The van der Waals surface area contributed by atoms with Crippen molar-refractivity contribution < 1.29 is 4.79 Å². The second-order valence-corrected chi connectivity index (χ2v) is 3.92. The molecule has 1 fully saturated rings. The Balaban J connectivity index is 2.28. The van der Waals surface area contributed by atoms with Gasteiger partial charge in [0.25, 0.3) is 0 Å². The van der Waals surface area contributed by atoms with Gasteiger partial charge in [0.15, 0.2) is 0 Å². The summed E-state index contributed by atoms with van der Waals surface area (Å²) < 4.78 is 0. The van der Waals surface area contributed by atoms with Gasteiger partial charge in [0.2, 0.25) is 5.91 Å².